The Hall–Kier alpha value is -3.61. The summed E-state index contributed by atoms with van der Waals surface area (Å²) in [7, 11) is -2.89. The molecule has 1 fully saturated rings. The Labute approximate surface area is 235 Å². The number of nitrogens with one attached hydrogen (secondary N) is 1. The number of ether oxygens (including phenoxy) is 3. The number of carbonyl (C=O) groups is 1. The molecular formula is C25H31N6O9P. The van der Waals surface area contributed by atoms with Crippen LogP contribution in [-0.4, -0.2) is 81.7 Å². The molecule has 6 atom stereocenters. The van der Waals surface area contributed by atoms with Crippen molar-refractivity contribution in [3.05, 3.63) is 65.9 Å². The molecule has 0 unspecified atom stereocenters. The van der Waals surface area contributed by atoms with Gasteiger partial charge in [-0.15, -0.1) is 0 Å². The van der Waals surface area contributed by atoms with E-state index in [2.05, 4.69) is 20.0 Å². The number of para-hydroxylation sites is 1. The number of rotatable bonds is 13. The van der Waals surface area contributed by atoms with Gasteiger partial charge in [0.25, 0.3) is 0 Å². The first-order chi connectivity index (χ1) is 19.6. The molecule has 0 amide bonds. The van der Waals surface area contributed by atoms with E-state index in [0.717, 1.165) is 0 Å². The Balaban J connectivity index is 1.54. The number of nitrogen functional groups attached to an aromatic ring is 1. The first-order valence-corrected chi connectivity index (χ1v) is 14.1. The SMILES string of the molecule is [C-]#[N+][C@]1(CO[P@](=O)(N[C@@H](C)C(=O)OCCCOC)Oc2ccccc2)O[C@@H](c2ccc3c(N)ncnn23)[C@H](O)[C@@H]1O. The lowest BCUT2D eigenvalue weighted by molar-refractivity contribution is -0.145. The maximum absolute atomic E-state index is 13.9. The molecule has 15 nitrogen and oxygen atoms in total. The van der Waals surface area contributed by atoms with Gasteiger partial charge < -0.3 is 29.9 Å². The molecule has 4 rings (SSSR count). The fraction of sp³-hybridized carbons (Fsp3) is 0.440. The fourth-order valence-corrected chi connectivity index (χ4v) is 5.65. The molecule has 2 aromatic heterocycles. The van der Waals surface area contributed by atoms with Crippen molar-refractivity contribution in [2.45, 2.75) is 43.4 Å². The van der Waals surface area contributed by atoms with E-state index in [4.69, 9.17) is 35.6 Å². The Bertz CT molecular complexity index is 1430. The van der Waals surface area contributed by atoms with Gasteiger partial charge in [0, 0.05) is 20.1 Å². The highest BCUT2D eigenvalue weighted by Gasteiger charge is 2.62. The topological polar surface area (TPSA) is 193 Å². The number of methoxy groups -OCH3 is 1. The average Bonchev–Trinajstić information content (AvgIpc) is 3.50. The van der Waals surface area contributed by atoms with Crippen molar-refractivity contribution < 1.29 is 42.8 Å². The molecule has 1 aliphatic heterocycles. The van der Waals surface area contributed by atoms with Gasteiger partial charge in [-0.3, -0.25) is 18.9 Å². The highest BCUT2D eigenvalue weighted by Crippen LogP contribution is 2.49. The average molecular weight is 591 g/mol. The molecule has 3 aromatic rings. The van der Waals surface area contributed by atoms with Crippen molar-refractivity contribution >= 4 is 25.1 Å². The van der Waals surface area contributed by atoms with E-state index in [1.807, 2.05) is 0 Å². The molecule has 41 heavy (non-hydrogen) atoms. The number of aliphatic hydroxyl groups excluding tert-OH is 2. The lowest BCUT2D eigenvalue weighted by Crippen LogP contribution is -2.45. The van der Waals surface area contributed by atoms with Crippen LogP contribution in [0.25, 0.3) is 10.4 Å². The lowest BCUT2D eigenvalue weighted by atomic mass is 10.0. The molecule has 0 bridgehead atoms. The quantitative estimate of drug-likeness (QED) is 0.0969. The number of aromatic nitrogens is 3. The standard InChI is InChI=1S/C25H31N6O9P/c1-16(24(34)37-13-7-12-36-3)30-41(35,40-17-8-5-4-6-9-17)38-14-25(27-2)22(33)20(32)21(39-25)18-10-11-19-23(26)28-15-29-31(18)19/h4-6,8-11,15-16,20-22,32-33H,7,12-14H2,1,3H3,(H,30,35)(H2,26,28,29)/t16-,20-,21-,22-,25+,41+/m0/s1. The van der Waals surface area contributed by atoms with E-state index in [1.165, 1.54) is 37.0 Å². The molecule has 3 heterocycles. The minimum atomic E-state index is -4.41. The summed E-state index contributed by atoms with van der Waals surface area (Å²) in [6.07, 6.45) is -2.94. The fourth-order valence-electron chi connectivity index (χ4n) is 4.14. The Morgan fingerprint density at radius 3 is 2.76 bits per heavy atom. The summed E-state index contributed by atoms with van der Waals surface area (Å²) < 4.78 is 42.4. The molecule has 1 saturated heterocycles. The lowest BCUT2D eigenvalue weighted by Gasteiger charge is -2.25. The number of benzene rings is 1. The van der Waals surface area contributed by atoms with Gasteiger partial charge in [0.2, 0.25) is 0 Å². The van der Waals surface area contributed by atoms with Crippen LogP contribution in [0.5, 0.6) is 5.75 Å². The van der Waals surface area contributed by atoms with Gasteiger partial charge in [-0.05, 0) is 31.2 Å². The summed E-state index contributed by atoms with van der Waals surface area (Å²) in [6.45, 7) is 8.85. The van der Waals surface area contributed by atoms with Crippen LogP contribution >= 0.6 is 7.75 Å². The molecule has 220 valence electrons. The summed E-state index contributed by atoms with van der Waals surface area (Å²) >= 11 is 0. The highest BCUT2D eigenvalue weighted by atomic mass is 31.2. The number of esters is 1. The van der Waals surface area contributed by atoms with Crippen molar-refractivity contribution in [2.24, 2.45) is 0 Å². The zero-order valence-electron chi connectivity index (χ0n) is 22.3. The van der Waals surface area contributed by atoms with Gasteiger partial charge in [-0.25, -0.2) is 20.6 Å². The second-order valence-corrected chi connectivity index (χ2v) is 10.9. The maximum Gasteiger partial charge on any atom is 0.459 e. The zero-order chi connectivity index (χ0) is 29.6. The molecule has 5 N–H and O–H groups in total. The largest absolute Gasteiger partial charge is 0.464 e. The summed E-state index contributed by atoms with van der Waals surface area (Å²) in [5.41, 5.74) is 4.40. The van der Waals surface area contributed by atoms with Crippen LogP contribution in [0.1, 0.15) is 25.1 Å². The zero-order valence-corrected chi connectivity index (χ0v) is 23.2. The van der Waals surface area contributed by atoms with Crippen molar-refractivity contribution in [2.75, 3.05) is 32.7 Å². The minimum absolute atomic E-state index is 0.0779. The van der Waals surface area contributed by atoms with E-state index >= 15 is 0 Å². The monoisotopic (exact) mass is 590 g/mol. The van der Waals surface area contributed by atoms with Crippen LogP contribution in [0.4, 0.5) is 5.82 Å². The Kier molecular flexibility index (Phi) is 9.57. The molecular weight excluding hydrogens is 559 g/mol. The number of aliphatic hydroxyl groups is 2. The second-order valence-electron chi connectivity index (χ2n) is 9.17. The maximum atomic E-state index is 13.9. The van der Waals surface area contributed by atoms with Crippen molar-refractivity contribution in [3.8, 4) is 5.75 Å². The number of nitrogens with zero attached hydrogens (tertiary/aromatic N) is 4. The van der Waals surface area contributed by atoms with Crippen LogP contribution in [0.2, 0.25) is 0 Å². The van der Waals surface area contributed by atoms with Crippen molar-refractivity contribution in [1.29, 1.82) is 0 Å². The first-order valence-electron chi connectivity index (χ1n) is 12.6. The molecule has 16 heteroatoms. The molecule has 0 radical (unpaired) electrons. The molecule has 1 aliphatic rings. The Morgan fingerprint density at radius 2 is 2.05 bits per heavy atom. The van der Waals surface area contributed by atoms with E-state index < -0.39 is 50.4 Å². The van der Waals surface area contributed by atoms with Crippen molar-refractivity contribution in [1.82, 2.24) is 19.7 Å². The molecule has 0 spiro atoms. The normalized spacial score (nSPS) is 24.4. The number of nitrogens with two attached hydrogens (primary N) is 1. The first kappa shape index (κ1) is 30.4. The van der Waals surface area contributed by atoms with Gasteiger partial charge in [-0.1, -0.05) is 18.2 Å². The summed E-state index contributed by atoms with van der Waals surface area (Å²) in [5, 5.41) is 28.4. The predicted octanol–water partition coefficient (Wildman–Crippen LogP) is 1.48. The molecule has 0 aliphatic carbocycles. The van der Waals surface area contributed by atoms with Crippen molar-refractivity contribution in [3.63, 3.8) is 0 Å². The number of hydrogen-bond donors (Lipinski definition) is 4. The van der Waals surface area contributed by atoms with E-state index in [9.17, 15) is 19.6 Å². The van der Waals surface area contributed by atoms with Crippen LogP contribution in [0, 0.1) is 6.57 Å². The third-order valence-electron chi connectivity index (χ3n) is 6.27. The minimum Gasteiger partial charge on any atom is -0.464 e. The summed E-state index contributed by atoms with van der Waals surface area (Å²) in [6, 6.07) is 10.0. The smallest absolute Gasteiger partial charge is 0.459 e. The number of anilines is 1. The van der Waals surface area contributed by atoms with Gasteiger partial charge in [0.05, 0.1) is 12.3 Å². The summed E-state index contributed by atoms with van der Waals surface area (Å²) in [5.74, 6) is -0.408. The number of carbonyl (C=O) groups excluding carboxylic acids is 1. The van der Waals surface area contributed by atoms with Gasteiger partial charge in [0.15, 0.2) is 18.5 Å². The summed E-state index contributed by atoms with van der Waals surface area (Å²) in [4.78, 5) is 19.8. The van der Waals surface area contributed by atoms with Gasteiger partial charge in [0.1, 0.15) is 35.8 Å². The van der Waals surface area contributed by atoms with E-state index in [0.29, 0.717) is 18.5 Å². The predicted molar refractivity (Wildman–Crippen MR) is 143 cm³/mol. The van der Waals surface area contributed by atoms with Crippen LogP contribution in [-0.2, 0) is 28.1 Å². The van der Waals surface area contributed by atoms with Crippen LogP contribution in [0.3, 0.4) is 0 Å². The van der Waals surface area contributed by atoms with Gasteiger partial charge >= 0.3 is 19.4 Å². The third kappa shape index (κ3) is 6.66. The third-order valence-corrected chi connectivity index (χ3v) is 7.89. The number of fused-ring (bicyclic) bond motifs is 1. The van der Waals surface area contributed by atoms with E-state index in [-0.39, 0.29) is 23.9 Å². The second kappa shape index (κ2) is 12.9. The highest BCUT2D eigenvalue weighted by molar-refractivity contribution is 7.52. The molecule has 1 aromatic carbocycles. The van der Waals surface area contributed by atoms with Gasteiger partial charge in [-0.2, -0.15) is 10.2 Å². The van der Waals surface area contributed by atoms with Crippen LogP contribution < -0.4 is 15.3 Å². The van der Waals surface area contributed by atoms with E-state index in [1.54, 1.807) is 30.3 Å². The Morgan fingerprint density at radius 1 is 1.29 bits per heavy atom. The molecule has 0 saturated carbocycles. The van der Waals surface area contributed by atoms with Crippen LogP contribution in [0.15, 0.2) is 48.8 Å². The number of hydrogen-bond acceptors (Lipinski definition) is 12.